The van der Waals surface area contributed by atoms with E-state index in [2.05, 4.69) is 105 Å². The maximum absolute atomic E-state index is 14.4. The monoisotopic (exact) mass is 773 g/mol. The Kier molecular flexibility index (Phi) is 12.9. The van der Waals surface area contributed by atoms with Crippen LogP contribution < -0.4 is 15.2 Å². The highest BCUT2D eigenvalue weighted by Gasteiger charge is 2.47. The van der Waals surface area contributed by atoms with E-state index in [1.165, 1.54) is 5.01 Å². The van der Waals surface area contributed by atoms with Gasteiger partial charge in [0.25, 0.3) is 14.2 Å². The summed E-state index contributed by atoms with van der Waals surface area (Å²) in [6.45, 7) is 24.3. The summed E-state index contributed by atoms with van der Waals surface area (Å²) in [7, 11) is -0.584. The lowest BCUT2D eigenvalue weighted by Crippen LogP contribution is -2.60. The van der Waals surface area contributed by atoms with Crippen LogP contribution in [0.1, 0.15) is 100 Å². The summed E-state index contributed by atoms with van der Waals surface area (Å²) >= 11 is 0. The van der Waals surface area contributed by atoms with Gasteiger partial charge in [-0.25, -0.2) is 10.2 Å². The molecule has 1 saturated heterocycles. The van der Waals surface area contributed by atoms with Gasteiger partial charge in [-0.15, -0.1) is 0 Å². The molecule has 0 aliphatic carbocycles. The van der Waals surface area contributed by atoms with E-state index in [1.807, 2.05) is 13.0 Å². The van der Waals surface area contributed by atoms with Crippen LogP contribution in [0.2, 0.25) is 16.6 Å². The third kappa shape index (κ3) is 9.45. The summed E-state index contributed by atoms with van der Waals surface area (Å²) < 4.78 is 21.0. The smallest absolute Gasteiger partial charge is 0.408 e. The maximum Gasteiger partial charge on any atom is 0.408 e. The molecular formula is C43H63N5O6Si. The van der Waals surface area contributed by atoms with Crippen LogP contribution in [0.4, 0.5) is 4.79 Å². The van der Waals surface area contributed by atoms with E-state index in [9.17, 15) is 14.4 Å². The molecular weight excluding hydrogens is 711 g/mol. The number of hydrogen-bond donors (Lipinski definition) is 2. The van der Waals surface area contributed by atoms with Gasteiger partial charge in [0.1, 0.15) is 23.4 Å². The van der Waals surface area contributed by atoms with Crippen molar-refractivity contribution >= 4 is 42.9 Å². The van der Waals surface area contributed by atoms with Gasteiger partial charge in [0.15, 0.2) is 0 Å². The molecule has 5 rings (SSSR count). The van der Waals surface area contributed by atoms with Gasteiger partial charge in [-0.3, -0.25) is 19.6 Å². The Labute approximate surface area is 328 Å². The van der Waals surface area contributed by atoms with Gasteiger partial charge in [0.05, 0.1) is 6.61 Å². The minimum atomic E-state index is -2.39. The molecule has 11 nitrogen and oxygen atoms in total. The average molecular weight is 774 g/mol. The number of fused-ring (bicyclic) bond motifs is 6. The van der Waals surface area contributed by atoms with E-state index >= 15 is 0 Å². The van der Waals surface area contributed by atoms with Crippen molar-refractivity contribution in [2.45, 2.75) is 136 Å². The number of cyclic esters (lactones) is 1. The molecule has 0 radical (unpaired) electrons. The van der Waals surface area contributed by atoms with E-state index in [0.29, 0.717) is 42.6 Å². The molecule has 2 aliphatic rings. The van der Waals surface area contributed by atoms with E-state index in [1.54, 1.807) is 27.8 Å². The number of alkyl carbamates (subject to hydrolysis) is 1. The number of rotatable bonds is 7. The molecule has 1 aromatic heterocycles. The number of nitrogens with zero attached hydrogens (tertiary/aromatic N) is 3. The van der Waals surface area contributed by atoms with Crippen LogP contribution >= 0.6 is 0 Å². The summed E-state index contributed by atoms with van der Waals surface area (Å²) in [5, 5.41) is 5.42. The molecule has 3 heterocycles. The second-order valence-corrected chi connectivity index (χ2v) is 22.8. The molecule has 1 fully saturated rings. The summed E-state index contributed by atoms with van der Waals surface area (Å²) in [4.78, 5) is 45.7. The molecule has 3 atom stereocenters. The first-order valence-corrected chi connectivity index (χ1v) is 22.1. The Morgan fingerprint density at radius 1 is 1.02 bits per heavy atom. The van der Waals surface area contributed by atoms with Crippen molar-refractivity contribution in [1.82, 2.24) is 20.3 Å². The molecule has 0 spiro atoms. The van der Waals surface area contributed by atoms with Crippen LogP contribution in [-0.2, 0) is 32.0 Å². The van der Waals surface area contributed by atoms with Crippen molar-refractivity contribution in [1.29, 1.82) is 0 Å². The van der Waals surface area contributed by atoms with Crippen LogP contribution in [0.15, 0.2) is 47.6 Å². The molecule has 55 heavy (non-hydrogen) atoms. The molecule has 2 N–H and O–H groups in total. The molecule has 3 aromatic rings. The number of ether oxygens (including phenoxy) is 2. The first-order valence-electron chi connectivity index (χ1n) is 20.0. The number of esters is 1. The number of benzene rings is 2. The van der Waals surface area contributed by atoms with Gasteiger partial charge in [-0.1, -0.05) is 66.7 Å². The van der Waals surface area contributed by atoms with Gasteiger partial charge < -0.3 is 23.8 Å². The number of hydrogen-bond acceptors (Lipinski definition) is 8. The lowest BCUT2D eigenvalue weighted by atomic mass is 9.97. The van der Waals surface area contributed by atoms with Gasteiger partial charge >= 0.3 is 12.1 Å². The number of aliphatic imine (C=N–C) groups is 1. The number of carbonyl (C=O) groups excluding carboxylic acids is 3. The topological polar surface area (TPSA) is 123 Å². The molecule has 2 amide bonds. The second kappa shape index (κ2) is 16.9. The van der Waals surface area contributed by atoms with Crippen molar-refractivity contribution in [3.05, 3.63) is 53.7 Å². The Balaban J connectivity index is 1.72. The second-order valence-electron chi connectivity index (χ2n) is 17.5. The first-order chi connectivity index (χ1) is 25.8. The zero-order valence-corrected chi connectivity index (χ0v) is 36.0. The average Bonchev–Trinajstić information content (AvgIpc) is 3.47. The van der Waals surface area contributed by atoms with Crippen molar-refractivity contribution in [3.63, 3.8) is 0 Å². The Hall–Kier alpha value is -4.16. The van der Waals surface area contributed by atoms with E-state index in [-0.39, 0.29) is 24.9 Å². The number of amides is 2. The summed E-state index contributed by atoms with van der Waals surface area (Å²) in [5.74, 6) is -0.00687. The van der Waals surface area contributed by atoms with Crippen LogP contribution in [0.3, 0.4) is 0 Å². The van der Waals surface area contributed by atoms with Gasteiger partial charge in [-0.2, -0.15) is 0 Å². The van der Waals surface area contributed by atoms with Gasteiger partial charge in [0, 0.05) is 60.9 Å². The standard InChI is InChI=1S/C43H63N5O6Si/c1-26(2)55(27(3)4,28(5)6)54-34-19-31-18-33(21-34)32-15-16-35-36(30(8)44-12)24-47(39(35)22-32)23-29(7)25-52-41(50)37-14-13-17-48(46-37)40(49)38(20-31)45-42(51)53-43(9,10)11/h15-16,18-19,21-22,24,26-29,37-38,46H,13-14,17,20,23,25H2,1-12H3,(H,45,51)/t29-,37-,38-/m0/s1. The lowest BCUT2D eigenvalue weighted by molar-refractivity contribution is -0.153. The van der Waals surface area contributed by atoms with Crippen molar-refractivity contribution in [2.24, 2.45) is 10.9 Å². The highest BCUT2D eigenvalue weighted by atomic mass is 28.4. The number of nitrogens with one attached hydrogen (secondary N) is 2. The number of carbonyl (C=O) groups is 3. The zero-order chi connectivity index (χ0) is 40.4. The molecule has 300 valence electrons. The van der Waals surface area contributed by atoms with Crippen LogP contribution in [0, 0.1) is 5.92 Å². The van der Waals surface area contributed by atoms with Crippen LogP contribution in [0.5, 0.6) is 5.75 Å². The Morgan fingerprint density at radius 2 is 1.71 bits per heavy atom. The van der Waals surface area contributed by atoms with Gasteiger partial charge in [-0.05, 0) is 92.0 Å². The van der Waals surface area contributed by atoms with E-state index in [4.69, 9.17) is 13.9 Å². The summed E-state index contributed by atoms with van der Waals surface area (Å²) in [6.07, 6.45) is 2.75. The van der Waals surface area contributed by atoms with Gasteiger partial charge in [0.2, 0.25) is 0 Å². The predicted molar refractivity (Wildman–Crippen MR) is 222 cm³/mol. The Morgan fingerprint density at radius 3 is 2.35 bits per heavy atom. The summed E-state index contributed by atoms with van der Waals surface area (Å²) in [6, 6.07) is 11.0. The van der Waals surface area contributed by atoms with E-state index < -0.39 is 38.1 Å². The number of aromatic nitrogens is 1. The molecule has 0 unspecified atom stereocenters. The molecule has 2 aromatic carbocycles. The van der Waals surface area contributed by atoms with Crippen molar-refractivity contribution in [2.75, 3.05) is 20.2 Å². The minimum absolute atomic E-state index is 0.00191. The predicted octanol–water partition coefficient (Wildman–Crippen LogP) is 8.43. The zero-order valence-electron chi connectivity index (χ0n) is 35.0. The SMILES string of the molecule is CN=C(C)c1cn2c3cc(ccc13)-c1cc(cc(O[Si](C(C)C)(C(C)C)C(C)C)c1)C[C@H](NC(=O)OC(C)(C)C)C(=O)N1CCC[C@H](N1)C(=O)OC[C@@H](C)C2. The highest BCUT2D eigenvalue weighted by molar-refractivity contribution is 6.78. The van der Waals surface area contributed by atoms with Crippen molar-refractivity contribution < 1.29 is 28.3 Å². The molecule has 0 saturated carbocycles. The van der Waals surface area contributed by atoms with E-state index in [0.717, 1.165) is 44.6 Å². The maximum atomic E-state index is 14.4. The fraction of sp³-hybridized carbons (Fsp3) is 0.581. The summed E-state index contributed by atoms with van der Waals surface area (Å²) in [5.41, 5.74) is 9.19. The Bertz CT molecular complexity index is 1890. The van der Waals surface area contributed by atoms with Crippen LogP contribution in [0.25, 0.3) is 22.0 Å². The van der Waals surface area contributed by atoms with Crippen molar-refractivity contribution in [3.8, 4) is 16.9 Å². The normalized spacial score (nSPS) is 20.5. The molecule has 6 bridgehead atoms. The largest absolute Gasteiger partial charge is 0.543 e. The number of hydrazine groups is 1. The molecule has 12 heteroatoms. The third-order valence-electron chi connectivity index (χ3n) is 11.1. The van der Waals surface area contributed by atoms with Crippen LogP contribution in [-0.4, -0.2) is 79.5 Å². The highest BCUT2D eigenvalue weighted by Crippen LogP contribution is 2.44. The third-order valence-corrected chi connectivity index (χ3v) is 17.1. The fourth-order valence-corrected chi connectivity index (χ4v) is 13.7. The lowest BCUT2D eigenvalue weighted by Gasteiger charge is -2.42. The first kappa shape index (κ1) is 42.0. The fourth-order valence-electron chi connectivity index (χ4n) is 8.50. The molecule has 2 aliphatic heterocycles. The quantitative estimate of drug-likeness (QED) is 0.140. The minimum Gasteiger partial charge on any atom is -0.543 e.